The molecule has 0 fully saturated rings. The number of azide groups is 1. The van der Waals surface area contributed by atoms with Crippen molar-refractivity contribution in [1.29, 1.82) is 0 Å². The summed E-state index contributed by atoms with van der Waals surface area (Å²) in [6.45, 7) is 1.03. The summed E-state index contributed by atoms with van der Waals surface area (Å²) >= 11 is 0. The van der Waals surface area contributed by atoms with Crippen molar-refractivity contribution < 1.29 is 14.0 Å². The highest BCUT2D eigenvalue weighted by molar-refractivity contribution is 5.98. The van der Waals surface area contributed by atoms with Crippen LogP contribution in [0.2, 0.25) is 0 Å². The molecule has 108 valence electrons. The van der Waals surface area contributed by atoms with Gasteiger partial charge in [0.25, 0.3) is 0 Å². The second-order valence-corrected chi connectivity index (χ2v) is 4.06. The van der Waals surface area contributed by atoms with Gasteiger partial charge in [0, 0.05) is 12.0 Å². The number of methoxy groups -OCH3 is 1. The zero-order valence-corrected chi connectivity index (χ0v) is 11.7. The Balaban J connectivity index is 3.00. The Hall–Kier alpha value is -2.11. The maximum Gasteiger partial charge on any atom is 0.106 e. The van der Waals surface area contributed by atoms with E-state index in [9.17, 15) is 4.39 Å². The van der Waals surface area contributed by atoms with Crippen molar-refractivity contribution in [2.24, 2.45) is 10.3 Å². The number of oxime groups is 1. The van der Waals surface area contributed by atoms with Crippen LogP contribution >= 0.6 is 0 Å². The Bertz CT molecular complexity index is 498. The van der Waals surface area contributed by atoms with E-state index in [1.54, 1.807) is 12.1 Å². The molecule has 0 saturated carbocycles. The summed E-state index contributed by atoms with van der Waals surface area (Å²) in [7, 11) is 2.93. The van der Waals surface area contributed by atoms with E-state index in [0.717, 1.165) is 16.8 Å². The predicted molar refractivity (Wildman–Crippen MR) is 74.3 cm³/mol. The van der Waals surface area contributed by atoms with Gasteiger partial charge in [-0.05, 0) is 23.6 Å². The largest absolute Gasteiger partial charge is 0.399 e. The van der Waals surface area contributed by atoms with Gasteiger partial charge in [-0.15, -0.1) is 0 Å². The molecule has 2 atom stereocenters. The number of ether oxygens (including phenoxy) is 1. The van der Waals surface area contributed by atoms with Gasteiger partial charge in [-0.25, -0.2) is 0 Å². The lowest BCUT2D eigenvalue weighted by atomic mass is 10.0. The van der Waals surface area contributed by atoms with Crippen LogP contribution in [0.1, 0.15) is 24.2 Å². The van der Waals surface area contributed by atoms with Crippen LogP contribution in [-0.2, 0) is 9.57 Å². The van der Waals surface area contributed by atoms with Gasteiger partial charge in [0.05, 0.1) is 17.9 Å². The first kappa shape index (κ1) is 15.9. The minimum absolute atomic E-state index is 0.621. The summed E-state index contributed by atoms with van der Waals surface area (Å²) in [5.74, 6) is 0. The van der Waals surface area contributed by atoms with Gasteiger partial charge in [0.2, 0.25) is 0 Å². The first-order valence-corrected chi connectivity index (χ1v) is 5.99. The molecule has 0 spiro atoms. The van der Waals surface area contributed by atoms with E-state index in [1.165, 1.54) is 14.2 Å². The molecule has 20 heavy (non-hydrogen) atoms. The molecule has 0 amide bonds. The number of alkyl halides is 1. The van der Waals surface area contributed by atoms with Crippen LogP contribution in [0.15, 0.2) is 34.5 Å². The van der Waals surface area contributed by atoms with Crippen molar-refractivity contribution >= 4 is 5.71 Å². The monoisotopic (exact) mass is 280 g/mol. The SMILES string of the molecule is CON=C(C)c1ccc([C@@H](OC)[C@@H](CF)N=[N+]=[N-])cc1. The maximum atomic E-state index is 12.9. The predicted octanol–water partition coefficient (Wildman–Crippen LogP) is 3.39. The van der Waals surface area contributed by atoms with Gasteiger partial charge in [-0.2, -0.15) is 0 Å². The molecule has 6 nitrogen and oxygen atoms in total. The smallest absolute Gasteiger partial charge is 0.106 e. The zero-order valence-electron chi connectivity index (χ0n) is 11.7. The fourth-order valence-electron chi connectivity index (χ4n) is 1.86. The Labute approximate surface area is 116 Å². The maximum absolute atomic E-state index is 12.9. The van der Waals surface area contributed by atoms with Crippen molar-refractivity contribution in [3.63, 3.8) is 0 Å². The highest BCUT2D eigenvalue weighted by Gasteiger charge is 2.22. The first-order valence-electron chi connectivity index (χ1n) is 5.99. The molecule has 1 rings (SSSR count). The van der Waals surface area contributed by atoms with Gasteiger partial charge >= 0.3 is 0 Å². The molecule has 0 aliphatic rings. The number of rotatable bonds is 7. The molecule has 0 heterocycles. The van der Waals surface area contributed by atoms with Gasteiger partial charge in [-0.1, -0.05) is 34.5 Å². The minimum atomic E-state index is -0.885. The summed E-state index contributed by atoms with van der Waals surface area (Å²) in [6.07, 6.45) is -0.621. The number of halogens is 1. The van der Waals surface area contributed by atoms with Crippen molar-refractivity contribution in [3.8, 4) is 0 Å². The van der Waals surface area contributed by atoms with Crippen molar-refractivity contribution in [3.05, 3.63) is 45.8 Å². The Morgan fingerprint density at radius 3 is 2.45 bits per heavy atom. The third-order valence-electron chi connectivity index (χ3n) is 2.85. The topological polar surface area (TPSA) is 79.6 Å². The molecular formula is C13H17FN4O2. The lowest BCUT2D eigenvalue weighted by Gasteiger charge is -2.20. The van der Waals surface area contributed by atoms with Gasteiger partial charge < -0.3 is 9.57 Å². The Morgan fingerprint density at radius 2 is 2.00 bits per heavy atom. The van der Waals surface area contributed by atoms with E-state index >= 15 is 0 Å². The van der Waals surface area contributed by atoms with E-state index in [2.05, 4.69) is 15.2 Å². The van der Waals surface area contributed by atoms with Crippen LogP contribution in [0.25, 0.3) is 10.4 Å². The third kappa shape index (κ3) is 3.94. The van der Waals surface area contributed by atoms with E-state index in [4.69, 9.17) is 15.1 Å². The van der Waals surface area contributed by atoms with E-state index in [0.29, 0.717) is 0 Å². The standard InChI is InChI=1S/C13H17FN4O2/c1-9(17-20-3)10-4-6-11(7-5-10)13(19-2)12(8-14)16-18-15/h4-7,12-13H,8H2,1-3H3/t12-,13-/m1/s1. The Morgan fingerprint density at radius 1 is 1.35 bits per heavy atom. The first-order chi connectivity index (χ1) is 9.67. The summed E-state index contributed by atoms with van der Waals surface area (Å²) in [5, 5.41) is 7.24. The second-order valence-electron chi connectivity index (χ2n) is 4.06. The van der Waals surface area contributed by atoms with E-state index in [1.807, 2.05) is 19.1 Å². The molecule has 0 saturated heterocycles. The van der Waals surface area contributed by atoms with Crippen molar-refractivity contribution in [2.45, 2.75) is 19.1 Å². The quantitative estimate of drug-likeness (QED) is 0.252. The molecule has 1 aromatic rings. The fraction of sp³-hybridized carbons (Fsp3) is 0.462. The number of nitrogens with zero attached hydrogens (tertiary/aromatic N) is 4. The molecule has 1 aromatic carbocycles. The zero-order chi connectivity index (χ0) is 15.0. The molecule has 0 aliphatic heterocycles. The highest BCUT2D eigenvalue weighted by Crippen LogP contribution is 2.24. The van der Waals surface area contributed by atoms with Crippen LogP contribution in [0.4, 0.5) is 4.39 Å². The summed E-state index contributed by atoms with van der Waals surface area (Å²) in [5.41, 5.74) is 10.8. The Kier molecular flexibility index (Phi) is 6.49. The molecule has 0 aromatic heterocycles. The van der Waals surface area contributed by atoms with E-state index in [-0.39, 0.29) is 0 Å². The fourth-order valence-corrected chi connectivity index (χ4v) is 1.86. The number of benzene rings is 1. The van der Waals surface area contributed by atoms with Crippen LogP contribution in [-0.4, -0.2) is 32.6 Å². The van der Waals surface area contributed by atoms with Gasteiger partial charge in [-0.3, -0.25) is 4.39 Å². The van der Waals surface area contributed by atoms with Crippen LogP contribution < -0.4 is 0 Å². The highest BCUT2D eigenvalue weighted by atomic mass is 19.1. The van der Waals surface area contributed by atoms with E-state index < -0.39 is 18.8 Å². The lowest BCUT2D eigenvalue weighted by molar-refractivity contribution is 0.0722. The molecule has 0 N–H and O–H groups in total. The number of hydrogen-bond acceptors (Lipinski definition) is 4. The lowest BCUT2D eigenvalue weighted by Crippen LogP contribution is -2.20. The summed E-state index contributed by atoms with van der Waals surface area (Å²) in [4.78, 5) is 7.34. The molecule has 0 unspecified atom stereocenters. The summed E-state index contributed by atoms with van der Waals surface area (Å²) in [6, 6.07) is 6.33. The third-order valence-corrected chi connectivity index (χ3v) is 2.85. The van der Waals surface area contributed by atoms with Crippen molar-refractivity contribution in [2.75, 3.05) is 20.9 Å². The molecule has 0 bridgehead atoms. The molecule has 0 aliphatic carbocycles. The van der Waals surface area contributed by atoms with Crippen LogP contribution in [0, 0.1) is 0 Å². The van der Waals surface area contributed by atoms with Crippen LogP contribution in [0.3, 0.4) is 0 Å². The average molecular weight is 280 g/mol. The molecule has 7 heteroatoms. The minimum Gasteiger partial charge on any atom is -0.399 e. The summed E-state index contributed by atoms with van der Waals surface area (Å²) < 4.78 is 18.1. The number of hydrogen-bond donors (Lipinski definition) is 0. The molecular weight excluding hydrogens is 263 g/mol. The van der Waals surface area contributed by atoms with Crippen molar-refractivity contribution in [1.82, 2.24) is 0 Å². The average Bonchev–Trinajstić information content (AvgIpc) is 2.48. The van der Waals surface area contributed by atoms with Crippen LogP contribution in [0.5, 0.6) is 0 Å². The molecule has 0 radical (unpaired) electrons. The second kappa shape index (κ2) is 8.14. The van der Waals surface area contributed by atoms with Gasteiger partial charge in [0.1, 0.15) is 13.8 Å². The normalized spacial score (nSPS) is 14.3. The van der Waals surface area contributed by atoms with Gasteiger partial charge in [0.15, 0.2) is 0 Å².